The minimum atomic E-state index is -4.07. The lowest BCUT2D eigenvalue weighted by molar-refractivity contribution is 0.0738. The van der Waals surface area contributed by atoms with Gasteiger partial charge in [-0.15, -0.1) is 0 Å². The highest BCUT2D eigenvalue weighted by Gasteiger charge is 2.29. The van der Waals surface area contributed by atoms with E-state index in [4.69, 9.17) is 16.6 Å². The summed E-state index contributed by atoms with van der Waals surface area (Å²) in [7, 11) is -8.02. The minimum absolute atomic E-state index is 0.00564. The van der Waals surface area contributed by atoms with Crippen LogP contribution in [0, 0.1) is 0 Å². The first-order valence-corrected chi connectivity index (χ1v) is 27.1. The molecular weight excluding hydrogens is 946 g/mol. The van der Waals surface area contributed by atoms with E-state index in [-0.39, 0.29) is 39.2 Å². The van der Waals surface area contributed by atoms with Gasteiger partial charge in [-0.2, -0.15) is 0 Å². The Morgan fingerprint density at radius 1 is 0.586 bits per heavy atom. The van der Waals surface area contributed by atoms with Crippen LogP contribution >= 0.6 is 11.6 Å². The fourth-order valence-electron chi connectivity index (χ4n) is 8.60. The van der Waals surface area contributed by atoms with E-state index in [1.165, 1.54) is 24.3 Å². The Balaban J connectivity index is 0.940. The van der Waals surface area contributed by atoms with Crippen molar-refractivity contribution in [2.45, 2.75) is 68.6 Å². The number of pyridine rings is 1. The van der Waals surface area contributed by atoms with E-state index in [0.29, 0.717) is 91.6 Å². The van der Waals surface area contributed by atoms with Crippen LogP contribution in [0.4, 0.5) is 23.1 Å². The Morgan fingerprint density at radius 3 is 1.69 bits per heavy atom. The van der Waals surface area contributed by atoms with Crippen molar-refractivity contribution in [1.29, 1.82) is 0 Å². The van der Waals surface area contributed by atoms with Gasteiger partial charge in [0.25, 0.3) is 31.9 Å². The standard InChI is InChI=1S/C52H58ClN9O6S2/c1-3-5-9-38-13-18-43(19-14-38)57-69(65,66)45-12-7-11-42(35-45)50(63)60-27-25-59(26-28-60)49-48(53)34-40(37-56-49)33-41-17-22-46(70(67,68)58-44-20-15-39(16-21-44)10-6-4-2)36-47(41)51(64)61-29-31-62(32-30-61)52-54-23-8-24-55-52/h7-8,11-24,34-37,57-58H,3-6,9-10,25-33H2,1-2H3. The Morgan fingerprint density at radius 2 is 1.13 bits per heavy atom. The van der Waals surface area contributed by atoms with Crippen molar-refractivity contribution in [2.75, 3.05) is 71.6 Å². The highest BCUT2D eigenvalue weighted by atomic mass is 35.5. The van der Waals surface area contributed by atoms with Crippen LogP contribution in [-0.2, 0) is 39.3 Å². The highest BCUT2D eigenvalue weighted by Crippen LogP contribution is 2.29. The van der Waals surface area contributed by atoms with Crippen molar-refractivity contribution in [3.8, 4) is 0 Å². The predicted octanol–water partition coefficient (Wildman–Crippen LogP) is 8.33. The second kappa shape index (κ2) is 22.5. The number of aryl methyl sites for hydroxylation is 2. The number of unbranched alkanes of at least 4 members (excludes halogenated alkanes) is 2. The molecule has 15 nitrogen and oxygen atoms in total. The molecule has 366 valence electrons. The Bertz CT molecular complexity index is 3000. The minimum Gasteiger partial charge on any atom is -0.352 e. The molecule has 4 aromatic carbocycles. The van der Waals surface area contributed by atoms with Crippen LogP contribution in [0.15, 0.2) is 132 Å². The molecule has 18 heteroatoms. The van der Waals surface area contributed by atoms with E-state index in [0.717, 1.165) is 49.7 Å². The van der Waals surface area contributed by atoms with Crippen LogP contribution in [0.5, 0.6) is 0 Å². The quantitative estimate of drug-likeness (QED) is 0.0846. The van der Waals surface area contributed by atoms with Crippen LogP contribution in [0.2, 0.25) is 5.02 Å². The van der Waals surface area contributed by atoms with Gasteiger partial charge < -0.3 is 19.6 Å². The molecular formula is C52H58ClN9O6S2. The van der Waals surface area contributed by atoms with E-state index in [2.05, 4.69) is 33.3 Å². The largest absolute Gasteiger partial charge is 0.352 e. The number of carbonyl (C=O) groups excluding carboxylic acids is 2. The molecule has 4 heterocycles. The molecule has 2 aromatic heterocycles. The van der Waals surface area contributed by atoms with Crippen LogP contribution in [0.1, 0.15) is 82.5 Å². The van der Waals surface area contributed by atoms with Gasteiger partial charge in [-0.3, -0.25) is 19.0 Å². The number of piperazine rings is 2. The van der Waals surface area contributed by atoms with Crippen LogP contribution < -0.4 is 19.2 Å². The van der Waals surface area contributed by atoms with Gasteiger partial charge in [0.05, 0.1) is 14.8 Å². The lowest BCUT2D eigenvalue weighted by Gasteiger charge is -2.36. The summed E-state index contributed by atoms with van der Waals surface area (Å²) in [5, 5.41) is 0.384. The number of halogens is 1. The molecule has 8 rings (SSSR count). The highest BCUT2D eigenvalue weighted by molar-refractivity contribution is 7.93. The number of amides is 2. The first-order chi connectivity index (χ1) is 33.8. The molecule has 0 saturated carbocycles. The van der Waals surface area contributed by atoms with Gasteiger partial charge in [-0.1, -0.05) is 74.7 Å². The number of benzene rings is 4. The third-order valence-electron chi connectivity index (χ3n) is 12.6. The second-order valence-electron chi connectivity index (χ2n) is 17.6. The summed E-state index contributed by atoms with van der Waals surface area (Å²) in [6.07, 6.45) is 11.4. The number of nitrogens with zero attached hydrogens (tertiary/aromatic N) is 7. The Labute approximate surface area is 416 Å². The fourth-order valence-corrected chi connectivity index (χ4v) is 11.1. The second-order valence-corrected chi connectivity index (χ2v) is 21.4. The van der Waals surface area contributed by atoms with E-state index in [9.17, 15) is 26.4 Å². The molecule has 2 aliphatic rings. The van der Waals surface area contributed by atoms with Gasteiger partial charge in [0.15, 0.2) is 0 Å². The number of carbonyl (C=O) groups is 2. The molecule has 6 aromatic rings. The van der Waals surface area contributed by atoms with Crippen LogP contribution in [0.25, 0.3) is 0 Å². The number of rotatable bonds is 18. The monoisotopic (exact) mass is 1000 g/mol. The summed E-state index contributed by atoms with van der Waals surface area (Å²) in [4.78, 5) is 49.0. The molecule has 0 bridgehead atoms. The Hall–Kier alpha value is -6.56. The van der Waals surface area contributed by atoms with Gasteiger partial charge in [0.2, 0.25) is 5.95 Å². The molecule has 70 heavy (non-hydrogen) atoms. The van der Waals surface area contributed by atoms with E-state index in [1.54, 1.807) is 83.0 Å². The van der Waals surface area contributed by atoms with E-state index >= 15 is 0 Å². The smallest absolute Gasteiger partial charge is 0.261 e. The normalized spacial score (nSPS) is 14.4. The number of anilines is 4. The van der Waals surface area contributed by atoms with E-state index in [1.807, 2.05) is 34.1 Å². The molecule has 0 atom stereocenters. The zero-order chi connectivity index (χ0) is 49.3. The fraction of sp³-hybridized carbons (Fsp3) is 0.327. The van der Waals surface area contributed by atoms with Gasteiger partial charge in [0, 0.05) is 93.5 Å². The predicted molar refractivity (Wildman–Crippen MR) is 275 cm³/mol. The molecule has 0 spiro atoms. The summed E-state index contributed by atoms with van der Waals surface area (Å²) in [5.41, 5.74) is 4.99. The summed E-state index contributed by atoms with van der Waals surface area (Å²) in [6.45, 7) is 7.61. The Kier molecular flexibility index (Phi) is 16.0. The molecule has 2 aliphatic heterocycles. The third kappa shape index (κ3) is 12.2. The molecule has 2 fully saturated rings. The average molecular weight is 1000 g/mol. The van der Waals surface area contributed by atoms with Crippen molar-refractivity contribution in [2.24, 2.45) is 0 Å². The maximum atomic E-state index is 14.4. The van der Waals surface area contributed by atoms with Crippen LogP contribution in [-0.4, -0.2) is 106 Å². The molecule has 0 aliphatic carbocycles. The van der Waals surface area contributed by atoms with Crippen molar-refractivity contribution in [3.05, 3.63) is 160 Å². The molecule has 0 unspecified atom stereocenters. The lowest BCUT2D eigenvalue weighted by Crippen LogP contribution is -2.49. The summed E-state index contributed by atoms with van der Waals surface area (Å²) in [6, 6.07) is 28.9. The van der Waals surface area contributed by atoms with Crippen LogP contribution in [0.3, 0.4) is 0 Å². The molecule has 2 N–H and O–H groups in total. The topological polar surface area (TPSA) is 178 Å². The maximum Gasteiger partial charge on any atom is 0.261 e. The van der Waals surface area contributed by atoms with E-state index < -0.39 is 20.0 Å². The zero-order valence-electron chi connectivity index (χ0n) is 39.4. The van der Waals surface area contributed by atoms with Gasteiger partial charge in [0.1, 0.15) is 5.82 Å². The molecule has 2 amide bonds. The number of hydrogen-bond acceptors (Lipinski definition) is 11. The number of sulfonamides is 2. The van der Waals surface area contributed by atoms with Gasteiger partial charge >= 0.3 is 0 Å². The molecule has 2 saturated heterocycles. The number of hydrogen-bond donors (Lipinski definition) is 2. The SMILES string of the molecule is CCCCc1ccc(NS(=O)(=O)c2cccc(C(=O)N3CCN(c4ncc(Cc5ccc(S(=O)(=O)Nc6ccc(CCCC)cc6)cc5C(=O)N5CCN(c6ncccn6)CC5)cc4Cl)CC3)c2)cc1. The van der Waals surface area contributed by atoms with Gasteiger partial charge in [-0.25, -0.2) is 31.8 Å². The number of nitrogens with one attached hydrogen (secondary N) is 2. The zero-order valence-corrected chi connectivity index (χ0v) is 41.8. The lowest BCUT2D eigenvalue weighted by atomic mass is 9.99. The molecule has 0 radical (unpaired) electrons. The van der Waals surface area contributed by atoms with Crippen molar-refractivity contribution >= 4 is 66.6 Å². The first kappa shape index (κ1) is 49.8. The van der Waals surface area contributed by atoms with Gasteiger partial charge in [-0.05, 0) is 121 Å². The summed E-state index contributed by atoms with van der Waals surface area (Å²) >= 11 is 6.93. The summed E-state index contributed by atoms with van der Waals surface area (Å²) < 4.78 is 59.7. The maximum absolute atomic E-state index is 14.4. The average Bonchev–Trinajstić information content (AvgIpc) is 3.38. The van der Waals surface area contributed by atoms with Crippen molar-refractivity contribution in [1.82, 2.24) is 24.8 Å². The van der Waals surface area contributed by atoms with Crippen molar-refractivity contribution in [3.63, 3.8) is 0 Å². The summed E-state index contributed by atoms with van der Waals surface area (Å²) in [5.74, 6) is 0.546. The number of aromatic nitrogens is 3. The first-order valence-electron chi connectivity index (χ1n) is 23.8. The third-order valence-corrected chi connectivity index (χ3v) is 15.6. The van der Waals surface area contributed by atoms with Crippen molar-refractivity contribution < 1.29 is 26.4 Å².